The van der Waals surface area contributed by atoms with Crippen molar-refractivity contribution in [3.05, 3.63) is 41.7 Å². The fourth-order valence-electron chi connectivity index (χ4n) is 3.49. The number of phenolic OH excluding ortho intramolecular Hbond substituents is 1. The van der Waals surface area contributed by atoms with E-state index in [4.69, 9.17) is 0 Å². The minimum absolute atomic E-state index is 0.516. The number of hydrogen-bond acceptors (Lipinski definition) is 3. The van der Waals surface area contributed by atoms with Crippen LogP contribution >= 0.6 is 0 Å². The quantitative estimate of drug-likeness (QED) is 0.343. The topological polar surface area (TPSA) is 61.8 Å². The summed E-state index contributed by atoms with van der Waals surface area (Å²) >= 11 is 0. The molecule has 28 heavy (non-hydrogen) atoms. The lowest BCUT2D eigenvalue weighted by atomic mass is 9.95. The zero-order chi connectivity index (χ0) is 20.3. The third-order valence-corrected chi connectivity index (χ3v) is 5.16. The first-order valence-corrected chi connectivity index (χ1v) is 11.4. The molecule has 1 aromatic carbocycles. The fourth-order valence-corrected chi connectivity index (χ4v) is 3.49. The first kappa shape index (κ1) is 24.2. The number of aromatic amines is 1. The summed E-state index contributed by atoms with van der Waals surface area (Å²) in [5.41, 5.74) is 2.60. The monoisotopic (exact) mass is 387 g/mol. The molecule has 4 heteroatoms. The van der Waals surface area contributed by atoms with Gasteiger partial charge in [0.2, 0.25) is 0 Å². The highest BCUT2D eigenvalue weighted by atomic mass is 16.3. The Kier molecular flexibility index (Phi) is 14.9. The Hall–Kier alpha value is -1.84. The van der Waals surface area contributed by atoms with E-state index in [9.17, 15) is 5.11 Å². The molecule has 2 rings (SSSR count). The Bertz CT molecular complexity index is 552. The van der Waals surface area contributed by atoms with Crippen molar-refractivity contribution in [1.29, 1.82) is 0 Å². The number of aromatic hydroxyl groups is 1. The van der Waals surface area contributed by atoms with Crippen molar-refractivity contribution >= 4 is 0 Å². The molecule has 0 saturated heterocycles. The van der Waals surface area contributed by atoms with Crippen LogP contribution in [0.5, 0.6) is 5.75 Å². The lowest BCUT2D eigenvalue weighted by molar-refractivity contribution is 0.464. The van der Waals surface area contributed by atoms with Gasteiger partial charge < -0.3 is 5.11 Å². The number of aryl methyl sites for hydroxylation is 1. The molecular weight excluding hydrogens is 346 g/mol. The van der Waals surface area contributed by atoms with Crippen LogP contribution in [-0.2, 0) is 12.8 Å². The van der Waals surface area contributed by atoms with Crippen molar-refractivity contribution in [1.82, 2.24) is 15.4 Å². The first-order chi connectivity index (χ1) is 13.8. The standard InChI is InChI=1S/C22H38O.C2H3N3/c1-3-5-7-9-11-13-16-20-17-15-19-22(23)21(20)18-14-12-10-8-6-4-2;1-2-4-5-3-1/h15,17,19,23H,3-14,16,18H2,1-2H3;1-2H,(H,3,4,5). The molecule has 1 heterocycles. The van der Waals surface area contributed by atoms with Gasteiger partial charge in [-0.2, -0.15) is 0 Å². The number of unbranched alkanes of at least 4 members (excludes halogenated alkanes) is 10. The van der Waals surface area contributed by atoms with Gasteiger partial charge >= 0.3 is 0 Å². The van der Waals surface area contributed by atoms with Crippen LogP contribution in [0.15, 0.2) is 30.6 Å². The Morgan fingerprint density at radius 3 is 1.93 bits per heavy atom. The number of nitrogens with zero attached hydrogens (tertiary/aromatic N) is 2. The van der Waals surface area contributed by atoms with Gasteiger partial charge in [0.05, 0.1) is 6.20 Å². The number of rotatable bonds is 14. The van der Waals surface area contributed by atoms with Gasteiger partial charge in [-0.15, -0.1) is 5.10 Å². The second-order valence-electron chi connectivity index (χ2n) is 7.61. The maximum Gasteiger partial charge on any atom is 0.119 e. The summed E-state index contributed by atoms with van der Waals surface area (Å²) in [6.07, 6.45) is 21.3. The number of H-pyrrole nitrogens is 1. The molecule has 0 saturated carbocycles. The summed E-state index contributed by atoms with van der Waals surface area (Å²) in [6.45, 7) is 4.53. The van der Waals surface area contributed by atoms with Crippen molar-refractivity contribution in [3.8, 4) is 5.75 Å². The van der Waals surface area contributed by atoms with E-state index < -0.39 is 0 Å². The number of aromatic nitrogens is 3. The average molecular weight is 388 g/mol. The zero-order valence-electron chi connectivity index (χ0n) is 18.1. The molecule has 0 aliphatic heterocycles. The van der Waals surface area contributed by atoms with Gasteiger partial charge in [0.15, 0.2) is 0 Å². The van der Waals surface area contributed by atoms with Crippen molar-refractivity contribution in [3.63, 3.8) is 0 Å². The first-order valence-electron chi connectivity index (χ1n) is 11.4. The summed E-state index contributed by atoms with van der Waals surface area (Å²) in [4.78, 5) is 0. The predicted octanol–water partition coefficient (Wildman–Crippen LogP) is 7.00. The molecule has 1 aromatic heterocycles. The van der Waals surface area contributed by atoms with Gasteiger partial charge in [0.25, 0.3) is 0 Å². The highest BCUT2D eigenvalue weighted by Gasteiger charge is 2.07. The molecule has 0 radical (unpaired) electrons. The summed E-state index contributed by atoms with van der Waals surface area (Å²) in [5.74, 6) is 0.516. The van der Waals surface area contributed by atoms with E-state index in [-0.39, 0.29) is 0 Å². The normalized spacial score (nSPS) is 10.5. The van der Waals surface area contributed by atoms with Crippen LogP contribution in [0.1, 0.15) is 102 Å². The second-order valence-corrected chi connectivity index (χ2v) is 7.61. The molecule has 0 fully saturated rings. The number of benzene rings is 1. The van der Waals surface area contributed by atoms with Crippen LogP contribution in [-0.4, -0.2) is 20.5 Å². The highest BCUT2D eigenvalue weighted by molar-refractivity contribution is 5.39. The minimum Gasteiger partial charge on any atom is -0.508 e. The third-order valence-electron chi connectivity index (χ3n) is 5.16. The molecule has 0 amide bonds. The highest BCUT2D eigenvalue weighted by Crippen LogP contribution is 2.25. The van der Waals surface area contributed by atoms with E-state index in [1.165, 1.54) is 88.2 Å². The van der Waals surface area contributed by atoms with E-state index in [0.29, 0.717) is 5.75 Å². The third kappa shape index (κ3) is 11.8. The molecule has 0 aliphatic carbocycles. The molecule has 0 atom stereocenters. The number of phenols is 1. The van der Waals surface area contributed by atoms with Crippen LogP contribution < -0.4 is 0 Å². The van der Waals surface area contributed by atoms with Crippen LogP contribution in [0.25, 0.3) is 0 Å². The van der Waals surface area contributed by atoms with Crippen LogP contribution in [0.4, 0.5) is 0 Å². The average Bonchev–Trinajstić information content (AvgIpc) is 3.29. The lowest BCUT2D eigenvalue weighted by Crippen LogP contribution is -1.96. The van der Waals surface area contributed by atoms with Gasteiger partial charge in [-0.3, -0.25) is 5.10 Å². The summed E-state index contributed by atoms with van der Waals surface area (Å²) in [5, 5.41) is 19.5. The number of hydrogen-bond donors (Lipinski definition) is 2. The Morgan fingerprint density at radius 2 is 1.39 bits per heavy atom. The van der Waals surface area contributed by atoms with E-state index >= 15 is 0 Å². The van der Waals surface area contributed by atoms with E-state index in [1.807, 2.05) is 12.1 Å². The predicted molar refractivity (Wildman–Crippen MR) is 119 cm³/mol. The molecule has 0 spiro atoms. The SMILES string of the molecule is CCCCCCCCc1cccc(O)c1CCCCCCCC.c1c[nH]nn1. The van der Waals surface area contributed by atoms with Crippen LogP contribution in [0.2, 0.25) is 0 Å². The zero-order valence-corrected chi connectivity index (χ0v) is 18.1. The van der Waals surface area contributed by atoms with Crippen molar-refractivity contribution in [2.75, 3.05) is 0 Å². The smallest absolute Gasteiger partial charge is 0.119 e. The molecule has 0 bridgehead atoms. The molecule has 158 valence electrons. The summed E-state index contributed by atoms with van der Waals surface area (Å²) in [6, 6.07) is 6.09. The molecular formula is C24H41N3O. The molecule has 0 aliphatic rings. The fraction of sp³-hybridized carbons (Fsp3) is 0.667. The van der Waals surface area contributed by atoms with Gasteiger partial charge in [0.1, 0.15) is 5.75 Å². The Balaban J connectivity index is 0.000000674. The molecule has 2 aromatic rings. The maximum atomic E-state index is 10.2. The van der Waals surface area contributed by atoms with Gasteiger partial charge in [-0.05, 0) is 42.9 Å². The Labute approximate surface area is 172 Å². The lowest BCUT2D eigenvalue weighted by Gasteiger charge is -2.12. The van der Waals surface area contributed by atoms with E-state index in [2.05, 4.69) is 35.3 Å². The van der Waals surface area contributed by atoms with E-state index in [0.717, 1.165) is 12.8 Å². The molecule has 2 N–H and O–H groups in total. The molecule has 0 unspecified atom stereocenters. The number of nitrogens with one attached hydrogen (secondary N) is 1. The van der Waals surface area contributed by atoms with Gasteiger partial charge in [0, 0.05) is 6.20 Å². The van der Waals surface area contributed by atoms with Crippen molar-refractivity contribution < 1.29 is 5.11 Å². The van der Waals surface area contributed by atoms with Gasteiger partial charge in [-0.1, -0.05) is 95.4 Å². The van der Waals surface area contributed by atoms with Crippen molar-refractivity contribution in [2.45, 2.75) is 104 Å². The van der Waals surface area contributed by atoms with Crippen LogP contribution in [0.3, 0.4) is 0 Å². The van der Waals surface area contributed by atoms with Gasteiger partial charge in [-0.25, -0.2) is 0 Å². The minimum atomic E-state index is 0.516. The summed E-state index contributed by atoms with van der Waals surface area (Å²) in [7, 11) is 0. The van der Waals surface area contributed by atoms with Crippen LogP contribution in [0, 0.1) is 0 Å². The largest absolute Gasteiger partial charge is 0.508 e. The molecule has 4 nitrogen and oxygen atoms in total. The summed E-state index contributed by atoms with van der Waals surface area (Å²) < 4.78 is 0. The Morgan fingerprint density at radius 1 is 0.786 bits per heavy atom. The maximum absolute atomic E-state index is 10.2. The second kappa shape index (κ2) is 17.3. The van der Waals surface area contributed by atoms with E-state index in [1.54, 1.807) is 12.4 Å². The van der Waals surface area contributed by atoms with Crippen molar-refractivity contribution in [2.24, 2.45) is 0 Å².